The number of anilines is 2. The minimum atomic E-state index is -4.27. The number of hydrogen-bond acceptors (Lipinski definition) is 5. The van der Waals surface area contributed by atoms with Gasteiger partial charge >= 0.3 is 0 Å². The van der Waals surface area contributed by atoms with Crippen molar-refractivity contribution in [1.29, 1.82) is 0 Å². The highest BCUT2D eigenvalue weighted by Gasteiger charge is 2.22. The zero-order chi connectivity index (χ0) is 15.8. The molecule has 0 aliphatic heterocycles. The van der Waals surface area contributed by atoms with E-state index in [1.165, 1.54) is 6.07 Å². The third-order valence-electron chi connectivity index (χ3n) is 2.21. The van der Waals surface area contributed by atoms with Crippen LogP contribution in [0.2, 0.25) is 10.4 Å². The average molecular weight is 416 g/mol. The lowest BCUT2D eigenvalue weighted by molar-refractivity contribution is 0.566. The van der Waals surface area contributed by atoms with Gasteiger partial charge in [-0.25, -0.2) is 17.8 Å². The van der Waals surface area contributed by atoms with Crippen LogP contribution in [0.5, 0.6) is 0 Å². The molecule has 2 rings (SSSR count). The van der Waals surface area contributed by atoms with Gasteiger partial charge in [0.25, 0.3) is 10.0 Å². The molecule has 0 spiro atoms. The minimum Gasteiger partial charge on any atom is -0.399 e. The average Bonchev–Trinajstić information content (AvgIpc) is 2.31. The normalized spacial score (nSPS) is 11.4. The molecule has 0 fully saturated rings. The van der Waals surface area contributed by atoms with E-state index in [9.17, 15) is 12.8 Å². The smallest absolute Gasteiger partial charge is 0.266 e. The fraction of sp³-hybridized carbons (Fsp3) is 0. The largest absolute Gasteiger partial charge is 0.399 e. The lowest BCUT2D eigenvalue weighted by atomic mass is 10.3. The molecule has 0 atom stereocenters. The van der Waals surface area contributed by atoms with E-state index in [1.54, 1.807) is 0 Å². The monoisotopic (exact) mass is 414 g/mol. The van der Waals surface area contributed by atoms with Gasteiger partial charge in [0, 0.05) is 11.8 Å². The SMILES string of the molecule is Nc1cc(Br)c(F)c(S(=O)(=O)Nc2cc(Cl)nc(Cl)n2)c1. The first kappa shape index (κ1) is 16.2. The molecular formula is C10H6BrCl2FN4O2S. The Morgan fingerprint density at radius 3 is 2.52 bits per heavy atom. The first-order valence-electron chi connectivity index (χ1n) is 5.16. The number of halogens is 4. The molecule has 0 aliphatic rings. The Hall–Kier alpha value is -1.16. The second-order valence-electron chi connectivity index (χ2n) is 3.77. The van der Waals surface area contributed by atoms with Crippen LogP contribution in [0.4, 0.5) is 15.9 Å². The predicted molar refractivity (Wildman–Crippen MR) is 81.4 cm³/mol. The van der Waals surface area contributed by atoms with Crippen molar-refractivity contribution < 1.29 is 12.8 Å². The molecule has 0 unspecified atom stereocenters. The minimum absolute atomic E-state index is 0.0677. The highest BCUT2D eigenvalue weighted by Crippen LogP contribution is 2.27. The molecule has 1 heterocycles. The van der Waals surface area contributed by atoms with Gasteiger partial charge in [-0.05, 0) is 39.7 Å². The lowest BCUT2D eigenvalue weighted by Gasteiger charge is -2.10. The van der Waals surface area contributed by atoms with Gasteiger partial charge in [-0.15, -0.1) is 0 Å². The van der Waals surface area contributed by atoms with Crippen LogP contribution in [0.25, 0.3) is 0 Å². The maximum absolute atomic E-state index is 13.9. The number of aromatic nitrogens is 2. The van der Waals surface area contributed by atoms with Gasteiger partial charge in [0.2, 0.25) is 5.28 Å². The van der Waals surface area contributed by atoms with Gasteiger partial charge in [-0.1, -0.05) is 11.6 Å². The number of nitrogens with one attached hydrogen (secondary N) is 1. The Morgan fingerprint density at radius 2 is 1.90 bits per heavy atom. The summed E-state index contributed by atoms with van der Waals surface area (Å²) in [6.45, 7) is 0. The van der Waals surface area contributed by atoms with Crippen LogP contribution in [0, 0.1) is 5.82 Å². The fourth-order valence-electron chi connectivity index (χ4n) is 1.41. The van der Waals surface area contributed by atoms with Gasteiger partial charge in [-0.3, -0.25) is 4.72 Å². The molecule has 1 aromatic heterocycles. The molecule has 0 amide bonds. The molecule has 11 heteroatoms. The van der Waals surface area contributed by atoms with Gasteiger partial charge in [0.15, 0.2) is 5.82 Å². The molecule has 1 aromatic carbocycles. The van der Waals surface area contributed by atoms with Crippen LogP contribution < -0.4 is 10.5 Å². The maximum atomic E-state index is 13.9. The summed E-state index contributed by atoms with van der Waals surface area (Å²) < 4.78 is 40.2. The van der Waals surface area contributed by atoms with E-state index < -0.39 is 20.7 Å². The Labute approximate surface area is 137 Å². The third kappa shape index (κ3) is 3.73. The predicted octanol–water partition coefficient (Wildman–Crippen LogP) is 3.07. The summed E-state index contributed by atoms with van der Waals surface area (Å²) in [5.74, 6) is -1.18. The van der Waals surface area contributed by atoms with Gasteiger partial charge in [-0.2, -0.15) is 4.98 Å². The van der Waals surface area contributed by atoms with Crippen molar-refractivity contribution in [2.45, 2.75) is 4.90 Å². The third-order valence-corrected chi connectivity index (χ3v) is 4.51. The first-order chi connectivity index (χ1) is 9.69. The van der Waals surface area contributed by atoms with Crippen LogP contribution in [0.1, 0.15) is 0 Å². The molecule has 2 aromatic rings. The van der Waals surface area contributed by atoms with Gasteiger partial charge in [0.05, 0.1) is 4.47 Å². The summed E-state index contributed by atoms with van der Waals surface area (Å²) in [4.78, 5) is 6.56. The summed E-state index contributed by atoms with van der Waals surface area (Å²) >= 11 is 14.1. The number of benzene rings is 1. The fourth-order valence-corrected chi connectivity index (χ4v) is 3.56. The topological polar surface area (TPSA) is 98.0 Å². The van der Waals surface area contributed by atoms with Gasteiger partial charge < -0.3 is 5.73 Å². The molecular weight excluding hydrogens is 410 g/mol. The highest BCUT2D eigenvalue weighted by molar-refractivity contribution is 9.10. The number of rotatable bonds is 3. The van der Waals surface area contributed by atoms with E-state index in [-0.39, 0.29) is 26.4 Å². The van der Waals surface area contributed by atoms with Crippen molar-refractivity contribution in [1.82, 2.24) is 9.97 Å². The van der Waals surface area contributed by atoms with Crippen LogP contribution in [0.15, 0.2) is 27.6 Å². The second-order valence-corrected chi connectivity index (χ2v) is 7.00. The zero-order valence-electron chi connectivity index (χ0n) is 9.94. The molecule has 3 N–H and O–H groups in total. The van der Waals surface area contributed by atoms with Crippen molar-refractivity contribution >= 4 is 60.7 Å². The van der Waals surface area contributed by atoms with Gasteiger partial charge in [0.1, 0.15) is 15.9 Å². The molecule has 0 saturated carbocycles. The molecule has 0 saturated heterocycles. The van der Waals surface area contributed by atoms with Crippen LogP contribution >= 0.6 is 39.1 Å². The maximum Gasteiger partial charge on any atom is 0.266 e. The lowest BCUT2D eigenvalue weighted by Crippen LogP contribution is -2.16. The highest BCUT2D eigenvalue weighted by atomic mass is 79.9. The molecule has 6 nitrogen and oxygen atoms in total. The van der Waals surface area contributed by atoms with E-state index in [1.807, 2.05) is 4.72 Å². The zero-order valence-corrected chi connectivity index (χ0v) is 13.9. The number of hydrogen-bond donors (Lipinski definition) is 2. The van der Waals surface area contributed by atoms with Crippen LogP contribution in [0.3, 0.4) is 0 Å². The van der Waals surface area contributed by atoms with E-state index in [2.05, 4.69) is 25.9 Å². The summed E-state index contributed by atoms with van der Waals surface area (Å²) in [5, 5.41) is -0.323. The summed E-state index contributed by atoms with van der Waals surface area (Å²) in [6.07, 6.45) is 0. The number of nitrogen functional groups attached to an aromatic ring is 1. The van der Waals surface area contributed by atoms with Crippen molar-refractivity contribution in [2.24, 2.45) is 0 Å². The summed E-state index contributed by atoms with van der Waals surface area (Å²) in [6, 6.07) is 3.35. The second kappa shape index (κ2) is 5.91. The van der Waals surface area contributed by atoms with Crippen LogP contribution in [-0.2, 0) is 10.0 Å². The molecule has 0 aliphatic carbocycles. The molecule has 0 radical (unpaired) electrons. The van der Waals surface area contributed by atoms with E-state index >= 15 is 0 Å². The standard InChI is InChI=1S/C10H6BrCl2FN4O2S/c11-5-1-4(15)2-6(9(5)14)21(19,20)18-8-3-7(12)16-10(13)17-8/h1-3H,15H2,(H,16,17,18). The Morgan fingerprint density at radius 1 is 1.24 bits per heavy atom. The Bertz CT molecular complexity index is 799. The first-order valence-corrected chi connectivity index (χ1v) is 8.19. The number of nitrogens with two attached hydrogens (primary N) is 1. The summed E-state index contributed by atoms with van der Waals surface area (Å²) in [7, 11) is -4.27. The summed E-state index contributed by atoms with van der Waals surface area (Å²) in [5.41, 5.74) is 5.58. The Balaban J connectivity index is 2.48. The van der Waals surface area contributed by atoms with Crippen molar-refractivity contribution in [3.05, 3.63) is 38.9 Å². The van der Waals surface area contributed by atoms with Crippen molar-refractivity contribution in [3.63, 3.8) is 0 Å². The Kier molecular flexibility index (Phi) is 4.57. The number of nitrogens with zero attached hydrogens (tertiary/aromatic N) is 2. The van der Waals surface area contributed by atoms with Crippen molar-refractivity contribution in [3.8, 4) is 0 Å². The van der Waals surface area contributed by atoms with E-state index in [4.69, 9.17) is 28.9 Å². The van der Waals surface area contributed by atoms with Crippen LogP contribution in [-0.4, -0.2) is 18.4 Å². The van der Waals surface area contributed by atoms with E-state index in [0.717, 1.165) is 12.1 Å². The quantitative estimate of drug-likeness (QED) is 0.456. The molecule has 0 bridgehead atoms. The molecule has 112 valence electrons. The van der Waals surface area contributed by atoms with E-state index in [0.29, 0.717) is 0 Å². The number of sulfonamides is 1. The molecule has 21 heavy (non-hydrogen) atoms. The van der Waals surface area contributed by atoms with Crippen molar-refractivity contribution in [2.75, 3.05) is 10.5 Å².